The molecule has 2 aromatic carbocycles. The largest absolute Gasteiger partial charge is 0.484 e. The van der Waals surface area contributed by atoms with Crippen LogP contribution in [-0.2, 0) is 4.79 Å². The van der Waals surface area contributed by atoms with E-state index in [1.54, 1.807) is 29.2 Å². The average Bonchev–Trinajstić information content (AvgIpc) is 3.09. The lowest BCUT2D eigenvalue weighted by Gasteiger charge is -2.22. The van der Waals surface area contributed by atoms with Crippen molar-refractivity contribution in [1.82, 2.24) is 9.88 Å². The number of rotatable bonds is 7. The molecular formula is C21H24ClN3O2S. The van der Waals surface area contributed by atoms with Gasteiger partial charge in [-0.1, -0.05) is 29.0 Å². The topological polar surface area (TPSA) is 45.7 Å². The number of amides is 1. The van der Waals surface area contributed by atoms with E-state index in [-0.39, 0.29) is 12.5 Å². The Kier molecular flexibility index (Phi) is 6.54. The first kappa shape index (κ1) is 20.6. The number of aryl methyl sites for hydroxylation is 2. The summed E-state index contributed by atoms with van der Waals surface area (Å²) in [4.78, 5) is 21.5. The van der Waals surface area contributed by atoms with Crippen LogP contribution in [0, 0.1) is 13.8 Å². The average molecular weight is 418 g/mol. The predicted molar refractivity (Wildman–Crippen MR) is 117 cm³/mol. The molecule has 1 heterocycles. The fraction of sp³-hybridized carbons (Fsp3) is 0.333. The molecule has 1 amide bonds. The molecule has 28 heavy (non-hydrogen) atoms. The van der Waals surface area contributed by atoms with Crippen LogP contribution in [0.3, 0.4) is 0 Å². The van der Waals surface area contributed by atoms with E-state index in [1.165, 1.54) is 16.9 Å². The molecule has 148 valence electrons. The Balaban J connectivity index is 1.82. The van der Waals surface area contributed by atoms with Gasteiger partial charge in [-0.3, -0.25) is 9.69 Å². The normalized spacial score (nSPS) is 11.2. The molecular weight excluding hydrogens is 394 g/mol. The highest BCUT2D eigenvalue weighted by molar-refractivity contribution is 7.22. The van der Waals surface area contributed by atoms with Crippen molar-refractivity contribution in [2.45, 2.75) is 13.8 Å². The summed E-state index contributed by atoms with van der Waals surface area (Å²) < 4.78 is 6.75. The number of fused-ring (bicyclic) bond motifs is 1. The van der Waals surface area contributed by atoms with Gasteiger partial charge in [-0.25, -0.2) is 4.98 Å². The molecule has 0 N–H and O–H groups in total. The minimum Gasteiger partial charge on any atom is -0.484 e. The number of hydrogen-bond acceptors (Lipinski definition) is 5. The number of nitrogens with zero attached hydrogens (tertiary/aromatic N) is 3. The van der Waals surface area contributed by atoms with Crippen LogP contribution < -0.4 is 9.64 Å². The Morgan fingerprint density at radius 2 is 1.82 bits per heavy atom. The summed E-state index contributed by atoms with van der Waals surface area (Å²) in [5, 5.41) is 1.33. The summed E-state index contributed by atoms with van der Waals surface area (Å²) >= 11 is 7.43. The third-order valence-electron chi connectivity index (χ3n) is 4.55. The van der Waals surface area contributed by atoms with Crippen LogP contribution in [0.2, 0.25) is 5.02 Å². The molecule has 3 aromatic rings. The summed E-state index contributed by atoms with van der Waals surface area (Å²) in [7, 11) is 3.97. The number of carbonyl (C=O) groups excluding carboxylic acids is 1. The number of likely N-dealkylation sites (N-methyl/N-ethyl adjacent to an activating group) is 1. The molecule has 3 rings (SSSR count). The van der Waals surface area contributed by atoms with E-state index in [0.717, 1.165) is 22.3 Å². The molecule has 0 unspecified atom stereocenters. The standard InChI is InChI=1S/C21H24ClN3O2S/c1-14-5-10-18-20(15(14)2)23-21(28-18)25(12-11-24(3)4)19(26)13-27-17-8-6-16(22)7-9-17/h5-10H,11-13H2,1-4H3. The van der Waals surface area contributed by atoms with Gasteiger partial charge < -0.3 is 9.64 Å². The summed E-state index contributed by atoms with van der Waals surface area (Å²) in [5.74, 6) is 0.492. The molecule has 0 saturated carbocycles. The second kappa shape index (κ2) is 8.90. The molecule has 0 atom stereocenters. The lowest BCUT2D eigenvalue weighted by Crippen LogP contribution is -2.39. The maximum atomic E-state index is 12.9. The fourth-order valence-electron chi connectivity index (χ4n) is 2.71. The van der Waals surface area contributed by atoms with E-state index >= 15 is 0 Å². The van der Waals surface area contributed by atoms with Crippen LogP contribution in [0.1, 0.15) is 11.1 Å². The Morgan fingerprint density at radius 1 is 1.11 bits per heavy atom. The van der Waals surface area contributed by atoms with Crippen molar-refractivity contribution in [3.05, 3.63) is 52.5 Å². The smallest absolute Gasteiger partial charge is 0.266 e. The van der Waals surface area contributed by atoms with E-state index in [2.05, 4.69) is 26.0 Å². The maximum Gasteiger partial charge on any atom is 0.266 e. The van der Waals surface area contributed by atoms with E-state index in [9.17, 15) is 4.79 Å². The predicted octanol–water partition coefficient (Wildman–Crippen LogP) is 4.54. The molecule has 1 aromatic heterocycles. The van der Waals surface area contributed by atoms with Gasteiger partial charge in [0.1, 0.15) is 5.75 Å². The Bertz CT molecular complexity index is 970. The highest BCUT2D eigenvalue weighted by Crippen LogP contribution is 2.32. The number of aromatic nitrogens is 1. The van der Waals surface area contributed by atoms with Crippen molar-refractivity contribution in [2.24, 2.45) is 0 Å². The zero-order chi connectivity index (χ0) is 20.3. The second-order valence-electron chi connectivity index (χ2n) is 6.94. The van der Waals surface area contributed by atoms with Crippen LogP contribution in [0.4, 0.5) is 5.13 Å². The second-order valence-corrected chi connectivity index (χ2v) is 8.39. The number of thiazole rings is 1. The van der Waals surface area contributed by atoms with Crippen LogP contribution in [0.25, 0.3) is 10.2 Å². The van der Waals surface area contributed by atoms with Gasteiger partial charge in [0.2, 0.25) is 0 Å². The third-order valence-corrected chi connectivity index (χ3v) is 5.85. The van der Waals surface area contributed by atoms with Crippen molar-refractivity contribution in [3.63, 3.8) is 0 Å². The first-order valence-electron chi connectivity index (χ1n) is 9.05. The van der Waals surface area contributed by atoms with Crippen LogP contribution >= 0.6 is 22.9 Å². The van der Waals surface area contributed by atoms with Gasteiger partial charge in [-0.05, 0) is 69.4 Å². The molecule has 5 nitrogen and oxygen atoms in total. The highest BCUT2D eigenvalue weighted by atomic mass is 35.5. The van der Waals surface area contributed by atoms with Gasteiger partial charge in [0, 0.05) is 18.1 Å². The zero-order valence-electron chi connectivity index (χ0n) is 16.5. The number of hydrogen-bond donors (Lipinski definition) is 0. The van der Waals surface area contributed by atoms with E-state index in [1.807, 2.05) is 19.0 Å². The lowest BCUT2D eigenvalue weighted by molar-refractivity contribution is -0.120. The molecule has 0 fully saturated rings. The number of carbonyl (C=O) groups is 1. The van der Waals surface area contributed by atoms with E-state index in [0.29, 0.717) is 22.4 Å². The van der Waals surface area contributed by atoms with Gasteiger partial charge in [0.15, 0.2) is 11.7 Å². The molecule has 0 radical (unpaired) electrons. The Labute approximate surface area is 174 Å². The first-order valence-corrected chi connectivity index (χ1v) is 10.2. The molecule has 0 bridgehead atoms. The molecule has 7 heteroatoms. The van der Waals surface area contributed by atoms with Crippen molar-refractivity contribution in [1.29, 1.82) is 0 Å². The van der Waals surface area contributed by atoms with Gasteiger partial charge in [0.05, 0.1) is 10.2 Å². The number of benzene rings is 2. The maximum absolute atomic E-state index is 12.9. The van der Waals surface area contributed by atoms with Crippen LogP contribution in [0.5, 0.6) is 5.75 Å². The molecule has 0 spiro atoms. The minimum atomic E-state index is -0.120. The first-order chi connectivity index (χ1) is 13.3. The van der Waals surface area contributed by atoms with Crippen LogP contribution in [0.15, 0.2) is 36.4 Å². The molecule has 0 saturated heterocycles. The quantitative estimate of drug-likeness (QED) is 0.566. The molecule has 0 aliphatic heterocycles. The van der Waals surface area contributed by atoms with Gasteiger partial charge >= 0.3 is 0 Å². The van der Waals surface area contributed by atoms with Crippen molar-refractivity contribution in [2.75, 3.05) is 38.7 Å². The van der Waals surface area contributed by atoms with Crippen LogP contribution in [-0.4, -0.2) is 49.6 Å². The minimum absolute atomic E-state index is 0.0526. The summed E-state index contributed by atoms with van der Waals surface area (Å²) in [5.41, 5.74) is 3.31. The van der Waals surface area contributed by atoms with E-state index < -0.39 is 0 Å². The van der Waals surface area contributed by atoms with Crippen molar-refractivity contribution >= 4 is 44.2 Å². The fourth-order valence-corrected chi connectivity index (χ4v) is 3.90. The molecule has 0 aliphatic carbocycles. The van der Waals surface area contributed by atoms with Crippen molar-refractivity contribution < 1.29 is 9.53 Å². The number of halogens is 1. The van der Waals surface area contributed by atoms with E-state index in [4.69, 9.17) is 21.3 Å². The SMILES string of the molecule is Cc1ccc2sc(N(CCN(C)C)C(=O)COc3ccc(Cl)cc3)nc2c1C. The Hall–Kier alpha value is -2.15. The molecule has 0 aliphatic rings. The summed E-state index contributed by atoms with van der Waals surface area (Å²) in [6, 6.07) is 11.1. The number of ether oxygens (including phenoxy) is 1. The van der Waals surface area contributed by atoms with Crippen molar-refractivity contribution in [3.8, 4) is 5.75 Å². The van der Waals surface area contributed by atoms with Gasteiger partial charge in [-0.15, -0.1) is 0 Å². The third kappa shape index (κ3) is 4.82. The Morgan fingerprint density at radius 3 is 2.50 bits per heavy atom. The van der Waals surface area contributed by atoms with Gasteiger partial charge in [-0.2, -0.15) is 0 Å². The highest BCUT2D eigenvalue weighted by Gasteiger charge is 2.21. The number of anilines is 1. The summed E-state index contributed by atoms with van der Waals surface area (Å²) in [6.45, 7) is 5.37. The zero-order valence-corrected chi connectivity index (χ0v) is 18.1. The summed E-state index contributed by atoms with van der Waals surface area (Å²) in [6.07, 6.45) is 0. The lowest BCUT2D eigenvalue weighted by atomic mass is 10.1. The van der Waals surface area contributed by atoms with Gasteiger partial charge in [0.25, 0.3) is 5.91 Å². The monoisotopic (exact) mass is 417 g/mol.